The van der Waals surface area contributed by atoms with Crippen molar-refractivity contribution in [2.24, 2.45) is 17.8 Å². The molecule has 0 aromatic heterocycles. The van der Waals surface area contributed by atoms with Crippen molar-refractivity contribution < 1.29 is 10.2 Å². The normalized spacial score (nSPS) is 27.9. The lowest BCUT2D eigenvalue weighted by Gasteiger charge is -2.17. The van der Waals surface area contributed by atoms with Crippen molar-refractivity contribution in [2.75, 3.05) is 6.54 Å². The highest BCUT2D eigenvalue weighted by molar-refractivity contribution is 5.18. The first-order valence-electron chi connectivity index (χ1n) is 12.6. The number of aliphatic hydroxyl groups excluding tert-OH is 2. The average Bonchev–Trinajstić information content (AvgIpc) is 3.28. The molecule has 1 aromatic carbocycles. The lowest BCUT2D eigenvalue weighted by atomic mass is 9.90. The minimum Gasteiger partial charge on any atom is -0.392 e. The summed E-state index contributed by atoms with van der Waals surface area (Å²) >= 11 is 0. The largest absolute Gasteiger partial charge is 0.392 e. The maximum absolute atomic E-state index is 10.5. The van der Waals surface area contributed by atoms with Gasteiger partial charge in [0.25, 0.3) is 0 Å². The number of hydrogen-bond donors (Lipinski definition) is 3. The standard InChI is InChI=1S/C28H43NO2/c1-2-3-6-14-25(30)15-16-26-27-19-23(18-24(27)20-28(26)31)13-9-5-10-17-29-21-22-11-7-4-8-12-22/h4,7-8,11-13,15-16,24-31H,2-3,5-6,9-10,14,17-21H2,1H3/b16-15+,23-13+/t24-,25-,26+,27-,28+/m0/s1. The number of benzene rings is 1. The molecule has 3 heteroatoms. The number of aliphatic hydroxyl groups is 2. The second kappa shape index (κ2) is 13.2. The molecule has 3 nitrogen and oxygen atoms in total. The third-order valence-corrected chi connectivity index (χ3v) is 7.18. The van der Waals surface area contributed by atoms with Crippen molar-refractivity contribution in [1.29, 1.82) is 0 Å². The smallest absolute Gasteiger partial charge is 0.0721 e. The molecule has 2 fully saturated rings. The van der Waals surface area contributed by atoms with E-state index in [1.54, 1.807) is 5.57 Å². The first kappa shape index (κ1) is 24.2. The highest BCUT2D eigenvalue weighted by Gasteiger charge is 2.44. The van der Waals surface area contributed by atoms with Crippen LogP contribution in [0.3, 0.4) is 0 Å². The maximum atomic E-state index is 10.5. The summed E-state index contributed by atoms with van der Waals surface area (Å²) in [7, 11) is 0. The van der Waals surface area contributed by atoms with Crippen molar-refractivity contribution in [1.82, 2.24) is 5.32 Å². The Bertz CT molecular complexity index is 684. The molecule has 0 bridgehead atoms. The Labute approximate surface area is 189 Å². The molecule has 0 saturated heterocycles. The minimum absolute atomic E-state index is 0.221. The van der Waals surface area contributed by atoms with Gasteiger partial charge in [-0.05, 0) is 68.9 Å². The van der Waals surface area contributed by atoms with Crippen molar-refractivity contribution in [3.8, 4) is 0 Å². The van der Waals surface area contributed by atoms with Crippen LogP contribution in [-0.4, -0.2) is 29.0 Å². The van der Waals surface area contributed by atoms with Crippen LogP contribution in [0.5, 0.6) is 0 Å². The highest BCUT2D eigenvalue weighted by atomic mass is 16.3. The monoisotopic (exact) mass is 425 g/mol. The Morgan fingerprint density at radius 1 is 1.10 bits per heavy atom. The minimum atomic E-state index is -0.357. The number of unbranched alkanes of at least 4 members (excludes halogenated alkanes) is 4. The Balaban J connectivity index is 1.34. The average molecular weight is 426 g/mol. The fraction of sp³-hybridized carbons (Fsp3) is 0.643. The Kier molecular flexibility index (Phi) is 10.3. The van der Waals surface area contributed by atoms with E-state index in [0.29, 0.717) is 11.8 Å². The van der Waals surface area contributed by atoms with Gasteiger partial charge in [-0.25, -0.2) is 0 Å². The maximum Gasteiger partial charge on any atom is 0.0721 e. The lowest BCUT2D eigenvalue weighted by Crippen LogP contribution is -2.17. The summed E-state index contributed by atoms with van der Waals surface area (Å²) in [4.78, 5) is 0. The fourth-order valence-electron chi connectivity index (χ4n) is 5.43. The van der Waals surface area contributed by atoms with Crippen LogP contribution in [-0.2, 0) is 6.54 Å². The van der Waals surface area contributed by atoms with E-state index in [0.717, 1.165) is 45.2 Å². The zero-order chi connectivity index (χ0) is 21.9. The van der Waals surface area contributed by atoms with E-state index in [2.05, 4.69) is 54.7 Å². The molecule has 0 unspecified atom stereocenters. The van der Waals surface area contributed by atoms with Crippen molar-refractivity contribution in [3.05, 3.63) is 59.7 Å². The van der Waals surface area contributed by atoms with Crippen LogP contribution in [0.4, 0.5) is 0 Å². The third-order valence-electron chi connectivity index (χ3n) is 7.18. The van der Waals surface area contributed by atoms with Gasteiger partial charge >= 0.3 is 0 Å². The second-order valence-electron chi connectivity index (χ2n) is 9.68. The summed E-state index contributed by atoms with van der Waals surface area (Å²) in [6, 6.07) is 10.6. The van der Waals surface area contributed by atoms with Gasteiger partial charge in [-0.15, -0.1) is 0 Å². The zero-order valence-electron chi connectivity index (χ0n) is 19.4. The molecular formula is C28H43NO2. The topological polar surface area (TPSA) is 52.5 Å². The second-order valence-corrected chi connectivity index (χ2v) is 9.68. The van der Waals surface area contributed by atoms with Crippen LogP contribution in [0, 0.1) is 17.8 Å². The Morgan fingerprint density at radius 2 is 1.94 bits per heavy atom. The van der Waals surface area contributed by atoms with Gasteiger partial charge in [0.2, 0.25) is 0 Å². The van der Waals surface area contributed by atoms with Crippen LogP contribution in [0.2, 0.25) is 0 Å². The molecule has 3 rings (SSSR count). The molecule has 172 valence electrons. The molecule has 2 saturated carbocycles. The number of rotatable bonds is 13. The molecule has 0 radical (unpaired) electrons. The van der Waals surface area contributed by atoms with Crippen molar-refractivity contribution >= 4 is 0 Å². The SMILES string of the molecule is CCCCC[C@H](O)/C=C/[C@@H]1[C@H]2C/C(=C/CCCCNCc3ccccc3)C[C@H]2C[C@H]1O. The quantitative estimate of drug-likeness (QED) is 0.277. The zero-order valence-corrected chi connectivity index (χ0v) is 19.4. The van der Waals surface area contributed by atoms with Crippen LogP contribution < -0.4 is 5.32 Å². The van der Waals surface area contributed by atoms with Crippen molar-refractivity contribution in [2.45, 2.75) is 89.9 Å². The molecule has 0 aliphatic heterocycles. The van der Waals surface area contributed by atoms with Gasteiger partial charge in [-0.3, -0.25) is 0 Å². The van der Waals surface area contributed by atoms with E-state index in [9.17, 15) is 10.2 Å². The Hall–Kier alpha value is -1.42. The lowest BCUT2D eigenvalue weighted by molar-refractivity contribution is 0.139. The molecule has 5 atom stereocenters. The molecule has 1 aromatic rings. The fourth-order valence-corrected chi connectivity index (χ4v) is 5.43. The molecule has 31 heavy (non-hydrogen) atoms. The molecular weight excluding hydrogens is 382 g/mol. The van der Waals surface area contributed by atoms with Crippen LogP contribution in [0.25, 0.3) is 0 Å². The van der Waals surface area contributed by atoms with Crippen molar-refractivity contribution in [3.63, 3.8) is 0 Å². The van der Waals surface area contributed by atoms with Gasteiger partial charge in [-0.2, -0.15) is 0 Å². The molecule has 0 spiro atoms. The summed E-state index contributed by atoms with van der Waals surface area (Å²) < 4.78 is 0. The molecule has 0 heterocycles. The van der Waals surface area contributed by atoms with E-state index in [1.807, 2.05) is 6.08 Å². The summed E-state index contributed by atoms with van der Waals surface area (Å²) in [5, 5.41) is 24.3. The number of fused-ring (bicyclic) bond motifs is 1. The van der Waals surface area contributed by atoms with Crippen LogP contribution in [0.1, 0.15) is 76.7 Å². The predicted octanol–water partition coefficient (Wildman–Crippen LogP) is 5.78. The molecule has 0 amide bonds. The van der Waals surface area contributed by atoms with Crippen LogP contribution in [0.15, 0.2) is 54.1 Å². The molecule has 2 aliphatic carbocycles. The summed E-state index contributed by atoms with van der Waals surface area (Å²) in [6.07, 6.45) is 17.1. The Morgan fingerprint density at radius 3 is 2.74 bits per heavy atom. The first-order valence-corrected chi connectivity index (χ1v) is 12.6. The van der Waals surface area contributed by atoms with E-state index < -0.39 is 0 Å². The van der Waals surface area contributed by atoms with E-state index in [1.165, 1.54) is 37.7 Å². The number of nitrogens with one attached hydrogen (secondary N) is 1. The highest BCUT2D eigenvalue weighted by Crippen LogP contribution is 2.50. The van der Waals surface area contributed by atoms with Gasteiger partial charge in [0.05, 0.1) is 12.2 Å². The molecule has 3 N–H and O–H groups in total. The van der Waals surface area contributed by atoms with Gasteiger partial charge in [0.1, 0.15) is 0 Å². The third kappa shape index (κ3) is 7.89. The number of hydrogen-bond acceptors (Lipinski definition) is 3. The summed E-state index contributed by atoms with van der Waals surface area (Å²) in [6.45, 7) is 4.21. The van der Waals surface area contributed by atoms with Gasteiger partial charge in [0, 0.05) is 12.5 Å². The van der Waals surface area contributed by atoms with Crippen LogP contribution >= 0.6 is 0 Å². The van der Waals surface area contributed by atoms with E-state index >= 15 is 0 Å². The predicted molar refractivity (Wildman–Crippen MR) is 130 cm³/mol. The number of allylic oxidation sites excluding steroid dienone is 2. The van der Waals surface area contributed by atoms with Gasteiger partial charge in [-0.1, -0.05) is 80.3 Å². The molecule has 2 aliphatic rings. The van der Waals surface area contributed by atoms with Gasteiger partial charge in [0.15, 0.2) is 0 Å². The van der Waals surface area contributed by atoms with E-state index in [4.69, 9.17) is 0 Å². The first-order chi connectivity index (χ1) is 15.2. The summed E-state index contributed by atoms with van der Waals surface area (Å²) in [5.74, 6) is 1.41. The van der Waals surface area contributed by atoms with Gasteiger partial charge < -0.3 is 15.5 Å². The summed E-state index contributed by atoms with van der Waals surface area (Å²) in [5.41, 5.74) is 2.95. The van der Waals surface area contributed by atoms with E-state index in [-0.39, 0.29) is 18.1 Å².